The van der Waals surface area contributed by atoms with Crippen LogP contribution in [0.3, 0.4) is 0 Å². The second-order valence-electron chi connectivity index (χ2n) is 4.27. The molecule has 1 aliphatic carbocycles. The van der Waals surface area contributed by atoms with Crippen LogP contribution in [0.15, 0.2) is 0 Å². The van der Waals surface area contributed by atoms with Crippen LogP contribution in [-0.2, 0) is 4.79 Å². The molecule has 12 heavy (non-hydrogen) atoms. The number of hydrogen-bond acceptors (Lipinski definition) is 2. The van der Waals surface area contributed by atoms with Crippen LogP contribution in [0.1, 0.15) is 33.6 Å². The molecule has 0 aliphatic heterocycles. The summed E-state index contributed by atoms with van der Waals surface area (Å²) in [7, 11) is 0. The zero-order chi connectivity index (χ0) is 9.57. The van der Waals surface area contributed by atoms with Gasteiger partial charge in [-0.1, -0.05) is 6.92 Å². The fraction of sp³-hybridized carbons (Fsp3) is 0.889. The maximum atomic E-state index is 10.7. The summed E-state index contributed by atoms with van der Waals surface area (Å²) in [6.07, 6.45) is 1.86. The van der Waals surface area contributed by atoms with Gasteiger partial charge in [0, 0.05) is 0 Å². The van der Waals surface area contributed by atoms with Gasteiger partial charge in [0.25, 0.3) is 0 Å². The van der Waals surface area contributed by atoms with Gasteiger partial charge in [-0.25, -0.2) is 0 Å². The summed E-state index contributed by atoms with van der Waals surface area (Å²) in [5.41, 5.74) is -1.25. The molecule has 0 radical (unpaired) electrons. The summed E-state index contributed by atoms with van der Waals surface area (Å²) in [5.74, 6) is -1.61. The summed E-state index contributed by atoms with van der Waals surface area (Å²) >= 11 is 0. The molecule has 0 bridgehead atoms. The summed E-state index contributed by atoms with van der Waals surface area (Å²) in [4.78, 5) is 10.7. The highest BCUT2D eigenvalue weighted by atomic mass is 16.4. The Kier molecular flexibility index (Phi) is 1.95. The van der Waals surface area contributed by atoms with Gasteiger partial charge >= 0.3 is 5.97 Å². The summed E-state index contributed by atoms with van der Waals surface area (Å²) < 4.78 is 0. The molecule has 0 spiro atoms. The third-order valence-electron chi connectivity index (χ3n) is 3.44. The van der Waals surface area contributed by atoms with Crippen molar-refractivity contribution in [2.45, 2.75) is 39.2 Å². The lowest BCUT2D eigenvalue weighted by atomic mass is 9.78. The number of hydrogen-bond donors (Lipinski definition) is 2. The Morgan fingerprint density at radius 1 is 1.58 bits per heavy atom. The Morgan fingerprint density at radius 3 is 2.25 bits per heavy atom. The van der Waals surface area contributed by atoms with E-state index in [9.17, 15) is 9.90 Å². The van der Waals surface area contributed by atoms with E-state index in [4.69, 9.17) is 5.11 Å². The van der Waals surface area contributed by atoms with Crippen LogP contribution < -0.4 is 0 Å². The zero-order valence-electron chi connectivity index (χ0n) is 7.79. The topological polar surface area (TPSA) is 57.5 Å². The van der Waals surface area contributed by atoms with Crippen molar-refractivity contribution < 1.29 is 15.0 Å². The Bertz CT molecular complexity index is 204. The minimum atomic E-state index is -1.07. The maximum absolute atomic E-state index is 10.7. The number of carbonyl (C=O) groups is 1. The molecule has 1 saturated carbocycles. The number of aliphatic carboxylic acids is 1. The zero-order valence-corrected chi connectivity index (χ0v) is 7.79. The summed E-state index contributed by atoms with van der Waals surface area (Å²) in [5, 5.41) is 18.7. The van der Waals surface area contributed by atoms with Crippen molar-refractivity contribution in [1.82, 2.24) is 0 Å². The van der Waals surface area contributed by atoms with Gasteiger partial charge in [-0.3, -0.25) is 4.79 Å². The quantitative estimate of drug-likeness (QED) is 0.673. The lowest BCUT2D eigenvalue weighted by molar-refractivity contribution is -0.154. The third kappa shape index (κ3) is 1.22. The van der Waals surface area contributed by atoms with E-state index < -0.39 is 17.5 Å². The second kappa shape index (κ2) is 2.46. The average molecular weight is 172 g/mol. The van der Waals surface area contributed by atoms with E-state index in [0.29, 0.717) is 0 Å². The highest BCUT2D eigenvalue weighted by Crippen LogP contribution is 2.56. The van der Waals surface area contributed by atoms with E-state index in [0.717, 1.165) is 12.8 Å². The Balaban J connectivity index is 2.77. The number of carboxylic acid groups (broad SMARTS) is 1. The molecule has 0 heterocycles. The molecule has 0 aromatic heterocycles. The summed E-state index contributed by atoms with van der Waals surface area (Å²) in [6, 6.07) is 0. The van der Waals surface area contributed by atoms with Crippen molar-refractivity contribution in [2.75, 3.05) is 0 Å². The smallest absolute Gasteiger partial charge is 0.309 e. The van der Waals surface area contributed by atoms with Crippen LogP contribution in [0.2, 0.25) is 0 Å². The van der Waals surface area contributed by atoms with Gasteiger partial charge in [0.15, 0.2) is 0 Å². The van der Waals surface area contributed by atoms with Gasteiger partial charge in [-0.05, 0) is 32.1 Å². The van der Waals surface area contributed by atoms with Crippen LogP contribution in [0.25, 0.3) is 0 Å². The normalized spacial score (nSPS) is 27.3. The molecular formula is C9H16O3. The molecule has 2 N–H and O–H groups in total. The highest BCUT2D eigenvalue weighted by molar-refractivity contribution is 5.71. The van der Waals surface area contributed by atoms with Gasteiger partial charge in [0.2, 0.25) is 0 Å². The van der Waals surface area contributed by atoms with Crippen molar-refractivity contribution >= 4 is 5.97 Å². The lowest BCUT2D eigenvalue weighted by Gasteiger charge is -2.33. The predicted octanol–water partition coefficient (Wildman–Crippen LogP) is 1.26. The SMILES string of the molecule is CC(C(=O)O)C(C)(O)C1(C)CC1. The Morgan fingerprint density at radius 2 is 2.00 bits per heavy atom. The van der Waals surface area contributed by atoms with Crippen LogP contribution in [-0.4, -0.2) is 21.8 Å². The third-order valence-corrected chi connectivity index (χ3v) is 3.44. The van der Waals surface area contributed by atoms with E-state index in [1.54, 1.807) is 13.8 Å². The molecule has 2 atom stereocenters. The molecule has 3 heteroatoms. The monoisotopic (exact) mass is 172 g/mol. The standard InChI is InChI=1S/C9H16O3/c1-6(7(10)11)9(3,12)8(2)4-5-8/h6,12H,4-5H2,1-3H3,(H,10,11). The van der Waals surface area contributed by atoms with Gasteiger partial charge in [-0.2, -0.15) is 0 Å². The van der Waals surface area contributed by atoms with Crippen molar-refractivity contribution in [3.05, 3.63) is 0 Å². The van der Waals surface area contributed by atoms with E-state index in [1.807, 2.05) is 6.92 Å². The lowest BCUT2D eigenvalue weighted by Crippen LogP contribution is -2.44. The van der Waals surface area contributed by atoms with Crippen LogP contribution >= 0.6 is 0 Å². The molecule has 2 unspecified atom stereocenters. The molecule has 0 aromatic rings. The summed E-state index contributed by atoms with van der Waals surface area (Å²) in [6.45, 7) is 5.12. The molecule has 3 nitrogen and oxygen atoms in total. The number of carboxylic acids is 1. The minimum Gasteiger partial charge on any atom is -0.481 e. The van der Waals surface area contributed by atoms with E-state index >= 15 is 0 Å². The number of aliphatic hydroxyl groups is 1. The van der Waals surface area contributed by atoms with Crippen LogP contribution in [0, 0.1) is 11.3 Å². The molecule has 0 aromatic carbocycles. The first-order valence-corrected chi connectivity index (χ1v) is 4.26. The second-order valence-corrected chi connectivity index (χ2v) is 4.27. The van der Waals surface area contributed by atoms with Crippen molar-refractivity contribution in [1.29, 1.82) is 0 Å². The van der Waals surface area contributed by atoms with Crippen molar-refractivity contribution in [2.24, 2.45) is 11.3 Å². The van der Waals surface area contributed by atoms with Gasteiger partial charge in [0.05, 0.1) is 11.5 Å². The minimum absolute atomic E-state index is 0.176. The first kappa shape index (κ1) is 9.52. The molecule has 70 valence electrons. The fourth-order valence-electron chi connectivity index (χ4n) is 1.46. The molecular weight excluding hydrogens is 156 g/mol. The van der Waals surface area contributed by atoms with Crippen LogP contribution in [0.4, 0.5) is 0 Å². The molecule has 0 saturated heterocycles. The maximum Gasteiger partial charge on any atom is 0.309 e. The van der Waals surface area contributed by atoms with E-state index in [1.165, 1.54) is 0 Å². The molecule has 1 fully saturated rings. The average Bonchev–Trinajstić information content (AvgIpc) is 2.67. The van der Waals surface area contributed by atoms with Gasteiger partial charge in [0.1, 0.15) is 0 Å². The molecule has 1 rings (SSSR count). The van der Waals surface area contributed by atoms with Crippen LogP contribution in [0.5, 0.6) is 0 Å². The highest BCUT2D eigenvalue weighted by Gasteiger charge is 2.56. The molecule has 1 aliphatic rings. The van der Waals surface area contributed by atoms with E-state index in [2.05, 4.69) is 0 Å². The van der Waals surface area contributed by atoms with Crippen molar-refractivity contribution in [3.63, 3.8) is 0 Å². The largest absolute Gasteiger partial charge is 0.481 e. The van der Waals surface area contributed by atoms with Crippen molar-refractivity contribution in [3.8, 4) is 0 Å². The Labute approximate surface area is 72.4 Å². The van der Waals surface area contributed by atoms with E-state index in [-0.39, 0.29) is 5.41 Å². The van der Waals surface area contributed by atoms with Gasteiger partial charge < -0.3 is 10.2 Å². The molecule has 0 amide bonds. The van der Waals surface area contributed by atoms with Gasteiger partial charge in [-0.15, -0.1) is 0 Å². The Hall–Kier alpha value is -0.570. The first-order valence-electron chi connectivity index (χ1n) is 4.26. The predicted molar refractivity (Wildman–Crippen MR) is 44.8 cm³/mol. The fourth-order valence-corrected chi connectivity index (χ4v) is 1.46. The number of rotatable bonds is 3. The first-order chi connectivity index (χ1) is 5.31.